The van der Waals surface area contributed by atoms with Gasteiger partial charge in [-0.3, -0.25) is 4.98 Å². The Morgan fingerprint density at radius 3 is 1.06 bits per heavy atom. The van der Waals surface area contributed by atoms with Crippen LogP contribution < -0.4 is 18.3 Å². The fraction of sp³-hybridized carbons (Fsp3) is 0.154. The highest BCUT2D eigenvalue weighted by atomic mass is 16.4. The number of rotatable bonds is 4. The number of furan rings is 8. The molecule has 0 aliphatic rings. The first-order valence-corrected chi connectivity index (χ1v) is 39.5. The summed E-state index contributed by atoms with van der Waals surface area (Å²) in [4.78, 5) is 17.6. The van der Waals surface area contributed by atoms with Gasteiger partial charge in [-0.05, 0) is 182 Å². The zero-order chi connectivity index (χ0) is 92.3. The smallest absolute Gasteiger partial charge is 0.228 e. The van der Waals surface area contributed by atoms with Crippen LogP contribution in [0.15, 0.2) is 255 Å². The van der Waals surface area contributed by atoms with Crippen molar-refractivity contribution >= 4 is 176 Å². The molecule has 0 unspecified atom stereocenters. The molecule has 0 fully saturated rings. The summed E-state index contributed by atoms with van der Waals surface area (Å²) in [6.07, 6.45) is 15.4. The van der Waals surface area contributed by atoms with Crippen LogP contribution in [0.25, 0.3) is 221 Å². The van der Waals surface area contributed by atoms with Gasteiger partial charge in [-0.1, -0.05) is 84.9 Å². The highest BCUT2D eigenvalue weighted by molar-refractivity contribution is 6.30. The Kier molecular flexibility index (Phi) is 13.9. The molecule has 16 heterocycles. The van der Waals surface area contributed by atoms with Crippen LogP contribution >= 0.6 is 0 Å². The van der Waals surface area contributed by atoms with Gasteiger partial charge in [0.05, 0.1) is 51.6 Å². The van der Waals surface area contributed by atoms with E-state index >= 15 is 0 Å². The van der Waals surface area contributed by atoms with Crippen LogP contribution in [0.4, 0.5) is 0 Å². The molecule has 0 radical (unpaired) electrons. The molecule has 0 spiro atoms. The highest BCUT2D eigenvalue weighted by Crippen LogP contribution is 2.49. The predicted octanol–water partition coefficient (Wildman–Crippen LogP) is 25.2. The highest BCUT2D eigenvalue weighted by Gasteiger charge is 2.30. The number of fused-ring (bicyclic) bond motifs is 28. The van der Waals surface area contributed by atoms with Crippen molar-refractivity contribution in [1.82, 2.24) is 19.9 Å². The van der Waals surface area contributed by atoms with Crippen LogP contribution in [-0.2, 0) is 28.2 Å². The minimum atomic E-state index is -2.17. The van der Waals surface area contributed by atoms with Crippen molar-refractivity contribution < 1.29 is 70.1 Å². The number of pyridine rings is 8. The van der Waals surface area contributed by atoms with Crippen LogP contribution in [0.3, 0.4) is 0 Å². The van der Waals surface area contributed by atoms with E-state index in [-0.39, 0.29) is 0 Å². The lowest BCUT2D eigenvalue weighted by Crippen LogP contribution is -2.31. The molecule has 8 aromatic carbocycles. The molecule has 16 aromatic heterocycles. The molecule has 16 heteroatoms. The molecular weight excluding hydrogens is 1490 g/mol. The van der Waals surface area contributed by atoms with Crippen molar-refractivity contribution in [2.75, 3.05) is 0 Å². The molecule has 0 bridgehead atoms. The van der Waals surface area contributed by atoms with E-state index in [4.69, 9.17) is 51.8 Å². The fourth-order valence-electron chi connectivity index (χ4n) is 17.8. The van der Waals surface area contributed by atoms with Gasteiger partial charge in [0.25, 0.3) is 0 Å². The summed E-state index contributed by atoms with van der Waals surface area (Å²) in [5.74, 6) is 0. The molecule has 0 amide bonds. The normalized spacial score (nSPS) is 13.9. The van der Waals surface area contributed by atoms with Gasteiger partial charge in [0.2, 0.25) is 39.9 Å². The lowest BCUT2D eigenvalue weighted by molar-refractivity contribution is -0.660. The second kappa shape index (κ2) is 27.5. The molecule has 0 aliphatic carbocycles. The average Bonchev–Trinajstić information content (AvgIpc) is 1.58. The Labute approximate surface area is 704 Å². The van der Waals surface area contributed by atoms with E-state index in [0.29, 0.717) is 45.0 Å². The lowest BCUT2D eigenvalue weighted by Gasteiger charge is -2.07. The van der Waals surface area contributed by atoms with Crippen LogP contribution in [0.5, 0.6) is 0 Å². The summed E-state index contributed by atoms with van der Waals surface area (Å²) in [5, 5.41) is 15.7. The quantitative estimate of drug-likeness (QED) is 0.153. The van der Waals surface area contributed by atoms with Crippen LogP contribution in [0.2, 0.25) is 0 Å². The van der Waals surface area contributed by atoms with Crippen molar-refractivity contribution in [1.29, 1.82) is 0 Å². The van der Waals surface area contributed by atoms with Crippen molar-refractivity contribution in [3.05, 3.63) is 286 Å². The number of aryl methyl sites for hydroxylation is 16. The molecule has 24 rings (SSSR count). The van der Waals surface area contributed by atoms with Gasteiger partial charge in [0.1, 0.15) is 78.4 Å². The second-order valence-electron chi connectivity index (χ2n) is 31.5. The third kappa shape index (κ3) is 11.3. The molecule has 16 nitrogen and oxygen atoms in total. The maximum atomic E-state index is 7.85. The van der Waals surface area contributed by atoms with Gasteiger partial charge in [-0.25, -0.2) is 33.2 Å². The molecule has 0 atom stereocenters. The van der Waals surface area contributed by atoms with Gasteiger partial charge in [-0.15, -0.1) is 0 Å². The van der Waals surface area contributed by atoms with Crippen molar-refractivity contribution in [3.63, 3.8) is 0 Å². The summed E-state index contributed by atoms with van der Waals surface area (Å²) in [6.45, 7) is 6.85. The Hall–Kier alpha value is -14.6. The van der Waals surface area contributed by atoms with Gasteiger partial charge in [0.15, 0.2) is 47.1 Å². The number of aromatic nitrogens is 8. The van der Waals surface area contributed by atoms with Gasteiger partial charge < -0.3 is 35.3 Å². The topological polar surface area (TPSA) is 172 Å². The molecule has 0 aliphatic heterocycles. The number of hydrogen-bond acceptors (Lipinski definition) is 12. The van der Waals surface area contributed by atoms with Gasteiger partial charge >= 0.3 is 0 Å². The average molecular weight is 1590 g/mol. The maximum absolute atomic E-state index is 7.85. The van der Waals surface area contributed by atoms with Crippen LogP contribution in [0.1, 0.15) is 83.2 Å². The summed E-state index contributed by atoms with van der Waals surface area (Å²) in [6, 6.07) is 53.8. The fourth-order valence-corrected chi connectivity index (χ4v) is 17.8. The standard InChI is InChI=1S/4C26H21N2O2/c1-14-5-6-18-25-21(8-7-20-24(25)17-9-10-27-12-22(17)29-20)30-26(18)23(14)19-11-15(2)16(3)13-28(19)4;1-14-7-8-17-23-20(9-10-21-24(23)18-6-5-11-27-26(18)30-21)29-25(17)22(14)19-12-15(2)16(3)13-28(19)4;1-14-9-10-18-23-21(12-27-26-24(23)17-7-5-6-8-20(17)30-26)29-25(18)22(14)19-11-15(2)16(3)13-28(19)4;1-14-9-10-18-24-23-17-7-5-6-8-20(17)29-21(23)12-27-26(24)30-25(18)22(14)19-11-15(2)16(3)13-28(19)4/h4*5-13H,1-4H3/q4*+1/i4*3D3. The summed E-state index contributed by atoms with van der Waals surface area (Å²) >= 11 is 0. The van der Waals surface area contributed by atoms with E-state index in [1.165, 1.54) is 0 Å². The minimum Gasteiger partial charge on any atom is -0.455 e. The monoisotopic (exact) mass is 1580 g/mol. The molecule has 24 aromatic rings. The Morgan fingerprint density at radius 1 is 0.242 bits per heavy atom. The lowest BCUT2D eigenvalue weighted by atomic mass is 9.98. The van der Waals surface area contributed by atoms with E-state index < -0.39 is 27.4 Å². The van der Waals surface area contributed by atoms with Gasteiger partial charge in [-0.2, -0.15) is 0 Å². The molecular formula is C104H84N8O8+4. The van der Waals surface area contributed by atoms with Crippen molar-refractivity contribution in [2.24, 2.45) is 28.2 Å². The summed E-state index contributed by atoms with van der Waals surface area (Å²) < 4.78 is 151. The Bertz CT molecular complexity index is 8010. The largest absolute Gasteiger partial charge is 0.455 e. The van der Waals surface area contributed by atoms with Crippen molar-refractivity contribution in [2.45, 2.75) is 82.8 Å². The number of hydrogen-bond donors (Lipinski definition) is 0. The summed E-state index contributed by atoms with van der Waals surface area (Å²) in [5.41, 5.74) is 27.4. The van der Waals surface area contributed by atoms with E-state index in [2.05, 4.69) is 68.5 Å². The van der Waals surface area contributed by atoms with Crippen LogP contribution in [-0.4, -0.2) is 19.9 Å². The van der Waals surface area contributed by atoms with Crippen LogP contribution in [0, 0.1) is 82.8 Å². The SMILES string of the molecule is [2H]C([2H])([2H])c1c[n+](C)c(-c2c(C)ccc3c2oc2ccc4oc5cnccc5c4c23)cc1C.[2H]C([2H])([2H])c1c[n+](C)c(-c2c(C)ccc3c2oc2ccc4oc5ncccc5c4c23)cc1C.[2H]C([2H])([2H])c1c[n+](C)c(-c2c(C)ccc3c2oc2cnc4oc5ccccc5c4c23)cc1C.[2H]C([2H])([2H])c1c[n+](C)c(-c2c(C)ccc3c2oc2ncc4oc5ccccc5c4c23)cc1C. The minimum absolute atomic E-state index is 0.344. The predicted molar refractivity (Wildman–Crippen MR) is 478 cm³/mol. The van der Waals surface area contributed by atoms with E-state index in [0.717, 1.165) is 243 Å². The van der Waals surface area contributed by atoms with Gasteiger partial charge in [0, 0.05) is 151 Å². The zero-order valence-corrected chi connectivity index (χ0v) is 67.6. The summed E-state index contributed by atoms with van der Waals surface area (Å²) in [7, 11) is 7.48. The first-order valence-electron chi connectivity index (χ1n) is 45.5. The third-order valence-corrected chi connectivity index (χ3v) is 23.9. The molecule has 584 valence electrons. The van der Waals surface area contributed by atoms with E-state index in [1.807, 2.05) is 217 Å². The number of para-hydroxylation sites is 2. The molecule has 0 N–H and O–H groups in total. The first kappa shape index (κ1) is 60.8. The number of benzene rings is 8. The third-order valence-electron chi connectivity index (χ3n) is 23.9. The maximum Gasteiger partial charge on any atom is 0.228 e. The van der Waals surface area contributed by atoms with E-state index in [1.54, 1.807) is 55.8 Å². The zero-order valence-electron chi connectivity index (χ0n) is 79.6. The Morgan fingerprint density at radius 2 is 0.575 bits per heavy atom. The number of nitrogens with zero attached hydrogens (tertiary/aromatic N) is 8. The molecule has 120 heavy (non-hydrogen) atoms. The second-order valence-corrected chi connectivity index (χ2v) is 31.5. The first-order chi connectivity index (χ1) is 62.9. The van der Waals surface area contributed by atoms with E-state index in [9.17, 15) is 0 Å². The molecule has 0 saturated heterocycles. The Balaban J connectivity index is 0.000000106. The van der Waals surface area contributed by atoms with Crippen molar-refractivity contribution in [3.8, 4) is 45.0 Å². The molecule has 0 saturated carbocycles.